The van der Waals surface area contributed by atoms with Crippen molar-refractivity contribution in [1.29, 1.82) is 0 Å². The Labute approximate surface area is 125 Å². The van der Waals surface area contributed by atoms with Gasteiger partial charge in [0.2, 0.25) is 0 Å². The minimum absolute atomic E-state index is 0.431. The number of halogens is 1. The molecule has 0 aromatic heterocycles. The molecule has 0 unspecified atom stereocenters. The van der Waals surface area contributed by atoms with Gasteiger partial charge in [0.25, 0.3) is 6.47 Å². The predicted molar refractivity (Wildman–Crippen MR) is 84.0 cm³/mol. The van der Waals surface area contributed by atoms with Crippen molar-refractivity contribution in [2.24, 2.45) is 0 Å². The number of rotatable bonds is 4. The van der Waals surface area contributed by atoms with E-state index in [1.807, 2.05) is 12.1 Å². The molecule has 0 N–H and O–H groups in total. The van der Waals surface area contributed by atoms with Gasteiger partial charge in [0, 0.05) is 11.6 Å². The summed E-state index contributed by atoms with van der Waals surface area (Å²) in [5, 5.41) is 3.30. The fourth-order valence-corrected chi connectivity index (χ4v) is 2.03. The molecule has 0 aliphatic carbocycles. The molecular weight excluding hydrogens is 274 g/mol. The van der Waals surface area contributed by atoms with Crippen molar-refractivity contribution in [1.82, 2.24) is 4.90 Å². The lowest BCUT2D eigenvalue weighted by atomic mass is 10.0. The number of carbonyl (C=O) groups is 1. The summed E-state index contributed by atoms with van der Waals surface area (Å²) in [5.41, 5.74) is 1.32. The minimum atomic E-state index is 0.431. The van der Waals surface area contributed by atoms with Gasteiger partial charge in [-0.3, -0.25) is 4.79 Å². The highest BCUT2D eigenvalue weighted by Gasteiger charge is 2.02. The van der Waals surface area contributed by atoms with Crippen molar-refractivity contribution in [2.45, 2.75) is 13.5 Å². The second kappa shape index (κ2) is 8.56. The van der Waals surface area contributed by atoms with Gasteiger partial charge < -0.3 is 9.64 Å². The van der Waals surface area contributed by atoms with Crippen molar-refractivity contribution in [3.63, 3.8) is 0 Å². The van der Waals surface area contributed by atoms with E-state index < -0.39 is 0 Å². The molecule has 4 heteroatoms. The second-order valence-corrected chi connectivity index (χ2v) is 5.01. The smallest absolute Gasteiger partial charge is 0.293 e. The van der Waals surface area contributed by atoms with Crippen LogP contribution in [0.5, 0.6) is 0 Å². The Morgan fingerprint density at radius 3 is 2.55 bits per heavy atom. The van der Waals surface area contributed by atoms with Crippen LogP contribution in [0.25, 0.3) is 10.8 Å². The van der Waals surface area contributed by atoms with E-state index in [2.05, 4.69) is 48.0 Å². The van der Waals surface area contributed by atoms with Crippen LogP contribution in [0.4, 0.5) is 0 Å². The number of nitrogens with zero attached hydrogens (tertiary/aromatic N) is 1. The first-order chi connectivity index (χ1) is 9.58. The van der Waals surface area contributed by atoms with Crippen LogP contribution in [0, 0.1) is 0 Å². The molecular formula is C16H20ClNO2. The minimum Gasteiger partial charge on any atom is -0.468 e. The van der Waals surface area contributed by atoms with Crippen LogP contribution < -0.4 is 0 Å². The number of fused-ring (bicyclic) bond motifs is 1. The first kappa shape index (κ1) is 16.5. The van der Waals surface area contributed by atoms with E-state index in [9.17, 15) is 4.79 Å². The summed E-state index contributed by atoms with van der Waals surface area (Å²) in [5.74, 6) is 0. The zero-order valence-corrected chi connectivity index (χ0v) is 12.9. The molecule has 0 fully saturated rings. The summed E-state index contributed by atoms with van der Waals surface area (Å²) in [7, 11) is 4.15. The average Bonchev–Trinajstić information content (AvgIpc) is 2.40. The van der Waals surface area contributed by atoms with Crippen LogP contribution in [-0.4, -0.2) is 32.1 Å². The van der Waals surface area contributed by atoms with Crippen LogP contribution in [-0.2, 0) is 16.1 Å². The van der Waals surface area contributed by atoms with Crippen molar-refractivity contribution in [3.8, 4) is 0 Å². The molecule has 2 rings (SSSR count). The number of benzene rings is 2. The lowest BCUT2D eigenvalue weighted by Crippen LogP contribution is -2.10. The molecule has 0 bridgehead atoms. The van der Waals surface area contributed by atoms with Gasteiger partial charge in [-0.15, -0.1) is 0 Å². The van der Waals surface area contributed by atoms with Gasteiger partial charge >= 0.3 is 0 Å². The summed E-state index contributed by atoms with van der Waals surface area (Å²) in [6.07, 6.45) is 0. The normalized spacial score (nSPS) is 10.1. The van der Waals surface area contributed by atoms with Gasteiger partial charge in [-0.2, -0.15) is 0 Å². The molecule has 0 amide bonds. The molecule has 0 saturated carbocycles. The first-order valence-electron chi connectivity index (χ1n) is 6.45. The predicted octanol–water partition coefficient (Wildman–Crippen LogP) is 3.73. The Morgan fingerprint density at radius 1 is 1.25 bits per heavy atom. The van der Waals surface area contributed by atoms with E-state index >= 15 is 0 Å². The van der Waals surface area contributed by atoms with E-state index in [4.69, 9.17) is 11.6 Å². The first-order valence-corrected chi connectivity index (χ1v) is 6.83. The van der Waals surface area contributed by atoms with Crippen LogP contribution in [0.1, 0.15) is 12.5 Å². The van der Waals surface area contributed by atoms with Gasteiger partial charge in [-0.05, 0) is 49.5 Å². The Morgan fingerprint density at radius 2 is 2.00 bits per heavy atom. The summed E-state index contributed by atoms with van der Waals surface area (Å²) in [4.78, 5) is 11.3. The maximum absolute atomic E-state index is 9.18. The van der Waals surface area contributed by atoms with E-state index in [-0.39, 0.29) is 0 Å². The third-order valence-electron chi connectivity index (χ3n) is 2.66. The fourth-order valence-electron chi connectivity index (χ4n) is 1.86. The van der Waals surface area contributed by atoms with Crippen molar-refractivity contribution < 1.29 is 9.53 Å². The maximum Gasteiger partial charge on any atom is 0.293 e. The molecule has 0 aliphatic rings. The van der Waals surface area contributed by atoms with Crippen molar-refractivity contribution in [3.05, 3.63) is 47.0 Å². The van der Waals surface area contributed by atoms with Crippen LogP contribution in [0.2, 0.25) is 5.02 Å². The molecule has 2 aromatic carbocycles. The van der Waals surface area contributed by atoms with Gasteiger partial charge in [0.05, 0.1) is 6.61 Å². The molecule has 0 aliphatic heterocycles. The third-order valence-corrected chi connectivity index (χ3v) is 2.89. The monoisotopic (exact) mass is 293 g/mol. The molecule has 108 valence electrons. The van der Waals surface area contributed by atoms with Gasteiger partial charge in [-0.25, -0.2) is 0 Å². The molecule has 0 heterocycles. The number of hydrogen-bond donors (Lipinski definition) is 0. The van der Waals surface area contributed by atoms with E-state index in [1.165, 1.54) is 16.3 Å². The molecule has 0 atom stereocenters. The Bertz CT molecular complexity index is 555. The SMILES string of the molecule is CCOC=O.CN(C)Cc1cccc2ccc(Cl)cc12. The van der Waals surface area contributed by atoms with Gasteiger partial charge in [0.15, 0.2) is 0 Å². The number of carbonyl (C=O) groups excluding carboxylic acids is 1. The summed E-state index contributed by atoms with van der Waals surface area (Å²) in [6.45, 7) is 3.61. The quantitative estimate of drug-likeness (QED) is 0.804. The highest BCUT2D eigenvalue weighted by molar-refractivity contribution is 6.31. The summed E-state index contributed by atoms with van der Waals surface area (Å²) in [6, 6.07) is 12.4. The molecule has 2 aromatic rings. The maximum atomic E-state index is 9.18. The lowest BCUT2D eigenvalue weighted by Gasteiger charge is -2.12. The highest BCUT2D eigenvalue weighted by atomic mass is 35.5. The van der Waals surface area contributed by atoms with Crippen LogP contribution in [0.15, 0.2) is 36.4 Å². The van der Waals surface area contributed by atoms with E-state index in [1.54, 1.807) is 6.92 Å². The van der Waals surface area contributed by atoms with Crippen LogP contribution >= 0.6 is 11.6 Å². The molecule has 0 radical (unpaired) electrons. The Kier molecular flexibility index (Phi) is 7.05. The molecule has 3 nitrogen and oxygen atoms in total. The lowest BCUT2D eigenvalue weighted by molar-refractivity contribution is -0.128. The number of hydrogen-bond acceptors (Lipinski definition) is 3. The van der Waals surface area contributed by atoms with Gasteiger partial charge in [-0.1, -0.05) is 35.9 Å². The average molecular weight is 294 g/mol. The van der Waals surface area contributed by atoms with E-state index in [0.717, 1.165) is 11.6 Å². The number of ether oxygens (including phenoxy) is 1. The zero-order chi connectivity index (χ0) is 15.0. The Hall–Kier alpha value is -1.58. The molecule has 0 spiro atoms. The standard InChI is InChI=1S/C13H14ClN.C3H6O2/c1-15(2)9-11-5-3-4-10-6-7-12(14)8-13(10)11;1-2-5-3-4/h3-8H,9H2,1-2H3;3H,2H2,1H3. The largest absolute Gasteiger partial charge is 0.468 e. The van der Waals surface area contributed by atoms with E-state index in [0.29, 0.717) is 13.1 Å². The molecule has 0 saturated heterocycles. The van der Waals surface area contributed by atoms with Crippen molar-refractivity contribution in [2.75, 3.05) is 20.7 Å². The topological polar surface area (TPSA) is 29.5 Å². The van der Waals surface area contributed by atoms with Crippen molar-refractivity contribution >= 4 is 28.8 Å². The fraction of sp³-hybridized carbons (Fsp3) is 0.312. The van der Waals surface area contributed by atoms with Crippen LogP contribution in [0.3, 0.4) is 0 Å². The second-order valence-electron chi connectivity index (χ2n) is 4.57. The molecule has 20 heavy (non-hydrogen) atoms. The third kappa shape index (κ3) is 5.19. The Balaban J connectivity index is 0.000000347. The highest BCUT2D eigenvalue weighted by Crippen LogP contribution is 2.23. The summed E-state index contributed by atoms with van der Waals surface area (Å²) >= 11 is 6.01. The summed E-state index contributed by atoms with van der Waals surface area (Å²) < 4.78 is 4.15. The zero-order valence-electron chi connectivity index (χ0n) is 12.1. The van der Waals surface area contributed by atoms with Gasteiger partial charge in [0.1, 0.15) is 0 Å².